The topological polar surface area (TPSA) is 66.5 Å². The SMILES string of the molecule is N#Cc1ncn(-c2ccccc2CNC2CC2)n1. The fraction of sp³-hybridized carbons (Fsp3) is 0.308. The van der Waals surface area contributed by atoms with Crippen LogP contribution in [0.4, 0.5) is 0 Å². The molecule has 1 aliphatic rings. The summed E-state index contributed by atoms with van der Waals surface area (Å²) in [6.07, 6.45) is 4.11. The van der Waals surface area contributed by atoms with Crippen LogP contribution in [0.15, 0.2) is 30.6 Å². The van der Waals surface area contributed by atoms with E-state index in [1.165, 1.54) is 18.4 Å². The molecule has 1 saturated carbocycles. The van der Waals surface area contributed by atoms with Gasteiger partial charge in [-0.1, -0.05) is 18.2 Å². The van der Waals surface area contributed by atoms with Gasteiger partial charge in [-0.2, -0.15) is 5.26 Å². The van der Waals surface area contributed by atoms with Crippen LogP contribution in [0.5, 0.6) is 0 Å². The molecule has 1 aromatic carbocycles. The largest absolute Gasteiger partial charge is 0.310 e. The average molecular weight is 239 g/mol. The first-order valence-electron chi connectivity index (χ1n) is 6.00. The van der Waals surface area contributed by atoms with Gasteiger partial charge in [-0.3, -0.25) is 0 Å². The summed E-state index contributed by atoms with van der Waals surface area (Å²) in [5.41, 5.74) is 2.14. The second kappa shape index (κ2) is 4.59. The van der Waals surface area contributed by atoms with Crippen LogP contribution in [0.25, 0.3) is 5.69 Å². The number of rotatable bonds is 4. The van der Waals surface area contributed by atoms with E-state index in [0.717, 1.165) is 12.2 Å². The second-order valence-corrected chi connectivity index (χ2v) is 4.41. The zero-order valence-corrected chi connectivity index (χ0v) is 9.87. The fourth-order valence-corrected chi connectivity index (χ4v) is 1.86. The van der Waals surface area contributed by atoms with E-state index in [4.69, 9.17) is 5.26 Å². The number of nitrogens with one attached hydrogen (secondary N) is 1. The smallest absolute Gasteiger partial charge is 0.252 e. The molecule has 18 heavy (non-hydrogen) atoms. The maximum atomic E-state index is 8.75. The van der Waals surface area contributed by atoms with Crippen LogP contribution in [0.1, 0.15) is 24.2 Å². The summed E-state index contributed by atoms with van der Waals surface area (Å²) in [4.78, 5) is 3.93. The van der Waals surface area contributed by atoms with E-state index in [9.17, 15) is 0 Å². The minimum absolute atomic E-state index is 0.194. The highest BCUT2D eigenvalue weighted by molar-refractivity contribution is 5.40. The Balaban J connectivity index is 1.87. The molecule has 2 aromatic rings. The van der Waals surface area contributed by atoms with Crippen LogP contribution in [0, 0.1) is 11.3 Å². The van der Waals surface area contributed by atoms with Crippen molar-refractivity contribution in [3.63, 3.8) is 0 Å². The van der Waals surface area contributed by atoms with E-state index >= 15 is 0 Å². The Morgan fingerprint density at radius 3 is 2.94 bits per heavy atom. The predicted molar refractivity (Wildman–Crippen MR) is 65.9 cm³/mol. The van der Waals surface area contributed by atoms with Gasteiger partial charge in [0.15, 0.2) is 0 Å². The van der Waals surface area contributed by atoms with Gasteiger partial charge in [0, 0.05) is 12.6 Å². The van der Waals surface area contributed by atoms with E-state index in [-0.39, 0.29) is 5.82 Å². The summed E-state index contributed by atoms with van der Waals surface area (Å²) in [5.74, 6) is 0.194. The second-order valence-electron chi connectivity index (χ2n) is 4.41. The van der Waals surface area contributed by atoms with Gasteiger partial charge in [0.05, 0.1) is 5.69 Å². The van der Waals surface area contributed by atoms with E-state index in [2.05, 4.69) is 21.5 Å². The Hall–Kier alpha value is -2.19. The lowest BCUT2D eigenvalue weighted by molar-refractivity contribution is 0.681. The molecule has 5 nitrogen and oxygen atoms in total. The van der Waals surface area contributed by atoms with Crippen LogP contribution in [-0.4, -0.2) is 20.8 Å². The normalized spacial score (nSPS) is 14.4. The van der Waals surface area contributed by atoms with E-state index in [0.29, 0.717) is 6.04 Å². The minimum Gasteiger partial charge on any atom is -0.310 e. The highest BCUT2D eigenvalue weighted by Gasteiger charge is 2.20. The number of aromatic nitrogens is 3. The molecule has 0 atom stereocenters. The third-order valence-electron chi connectivity index (χ3n) is 2.99. The molecule has 0 radical (unpaired) electrons. The van der Waals surface area contributed by atoms with Gasteiger partial charge in [0.2, 0.25) is 0 Å². The maximum Gasteiger partial charge on any atom is 0.252 e. The van der Waals surface area contributed by atoms with E-state index < -0.39 is 0 Å². The first-order valence-corrected chi connectivity index (χ1v) is 6.00. The fourth-order valence-electron chi connectivity index (χ4n) is 1.86. The quantitative estimate of drug-likeness (QED) is 0.875. The van der Waals surface area contributed by atoms with Crippen LogP contribution in [-0.2, 0) is 6.54 Å². The lowest BCUT2D eigenvalue weighted by Crippen LogP contribution is -2.17. The highest BCUT2D eigenvalue weighted by Crippen LogP contribution is 2.20. The summed E-state index contributed by atoms with van der Waals surface area (Å²) in [5, 5.41) is 16.3. The first-order chi connectivity index (χ1) is 8.86. The van der Waals surface area contributed by atoms with Crippen molar-refractivity contribution in [2.75, 3.05) is 0 Å². The zero-order chi connectivity index (χ0) is 12.4. The molecular weight excluding hydrogens is 226 g/mol. The zero-order valence-electron chi connectivity index (χ0n) is 9.87. The molecule has 5 heteroatoms. The van der Waals surface area contributed by atoms with E-state index in [1.807, 2.05) is 24.3 Å². The number of hydrogen-bond donors (Lipinski definition) is 1. The van der Waals surface area contributed by atoms with Gasteiger partial charge in [-0.05, 0) is 24.5 Å². The van der Waals surface area contributed by atoms with Crippen molar-refractivity contribution < 1.29 is 0 Å². The van der Waals surface area contributed by atoms with Gasteiger partial charge in [-0.25, -0.2) is 9.67 Å². The standard InChI is InChI=1S/C13H13N5/c14-7-13-16-9-18(17-13)12-4-2-1-3-10(12)8-15-11-5-6-11/h1-4,9,11,15H,5-6,8H2. The lowest BCUT2D eigenvalue weighted by atomic mass is 10.2. The molecule has 0 unspecified atom stereocenters. The molecule has 0 spiro atoms. The van der Waals surface area contributed by atoms with Crippen LogP contribution >= 0.6 is 0 Å². The number of nitriles is 1. The predicted octanol–water partition coefficient (Wildman–Crippen LogP) is 1.39. The van der Waals surface area contributed by atoms with Crippen molar-refractivity contribution in [1.82, 2.24) is 20.1 Å². The number of hydrogen-bond acceptors (Lipinski definition) is 4. The summed E-state index contributed by atoms with van der Waals surface area (Å²) >= 11 is 0. The number of para-hydroxylation sites is 1. The molecule has 1 aliphatic carbocycles. The summed E-state index contributed by atoms with van der Waals surface area (Å²) < 4.78 is 1.66. The molecule has 3 rings (SSSR count). The molecule has 0 amide bonds. The van der Waals surface area contributed by atoms with Crippen molar-refractivity contribution >= 4 is 0 Å². The third kappa shape index (κ3) is 2.24. The van der Waals surface area contributed by atoms with Crippen molar-refractivity contribution in [3.8, 4) is 11.8 Å². The van der Waals surface area contributed by atoms with Crippen LogP contribution in [0.2, 0.25) is 0 Å². The molecule has 90 valence electrons. The van der Waals surface area contributed by atoms with Crippen molar-refractivity contribution in [1.29, 1.82) is 5.26 Å². The molecule has 1 fully saturated rings. The summed E-state index contributed by atoms with van der Waals surface area (Å²) in [6, 6.07) is 10.6. The maximum absolute atomic E-state index is 8.75. The van der Waals surface area contributed by atoms with Crippen molar-refractivity contribution in [3.05, 3.63) is 42.0 Å². The molecule has 1 heterocycles. The van der Waals surface area contributed by atoms with Crippen LogP contribution < -0.4 is 5.32 Å². The number of benzene rings is 1. The molecule has 1 N–H and O–H groups in total. The minimum atomic E-state index is 0.194. The Labute approximate surface area is 105 Å². The van der Waals surface area contributed by atoms with Gasteiger partial charge in [0.1, 0.15) is 12.4 Å². The third-order valence-corrected chi connectivity index (χ3v) is 2.99. The molecular formula is C13H13N5. The van der Waals surface area contributed by atoms with Gasteiger partial charge >= 0.3 is 0 Å². The van der Waals surface area contributed by atoms with E-state index in [1.54, 1.807) is 11.0 Å². The van der Waals surface area contributed by atoms with Crippen LogP contribution in [0.3, 0.4) is 0 Å². The van der Waals surface area contributed by atoms with Gasteiger partial charge < -0.3 is 5.32 Å². The van der Waals surface area contributed by atoms with Gasteiger partial charge in [-0.15, -0.1) is 5.10 Å². The average Bonchev–Trinajstić information content (AvgIpc) is 3.12. The monoisotopic (exact) mass is 239 g/mol. The van der Waals surface area contributed by atoms with Crippen molar-refractivity contribution in [2.24, 2.45) is 0 Å². The summed E-state index contributed by atoms with van der Waals surface area (Å²) in [7, 11) is 0. The highest BCUT2D eigenvalue weighted by atomic mass is 15.3. The number of nitrogens with zero attached hydrogens (tertiary/aromatic N) is 4. The van der Waals surface area contributed by atoms with Gasteiger partial charge in [0.25, 0.3) is 5.82 Å². The Morgan fingerprint density at radius 1 is 1.39 bits per heavy atom. The summed E-state index contributed by atoms with van der Waals surface area (Å²) in [6.45, 7) is 0.822. The van der Waals surface area contributed by atoms with Crippen molar-refractivity contribution in [2.45, 2.75) is 25.4 Å². The Kier molecular flexibility index (Phi) is 2.79. The Bertz CT molecular complexity index is 591. The molecule has 0 bridgehead atoms. The lowest BCUT2D eigenvalue weighted by Gasteiger charge is -2.09. The Morgan fingerprint density at radius 2 is 2.22 bits per heavy atom. The first kappa shape index (κ1) is 10.9. The molecule has 0 saturated heterocycles. The molecule has 1 aromatic heterocycles. The molecule has 0 aliphatic heterocycles.